The summed E-state index contributed by atoms with van der Waals surface area (Å²) in [5.74, 6) is -0.267. The predicted octanol–water partition coefficient (Wildman–Crippen LogP) is 2.87. The first-order valence-corrected chi connectivity index (χ1v) is 9.07. The molecule has 1 aromatic carbocycles. The topological polar surface area (TPSA) is 84.9 Å². The number of amides is 4. The number of nitrogens with one attached hydrogen (secondary N) is 1. The number of imide groups is 2. The molecule has 1 heterocycles. The number of hydrogen-bond acceptors (Lipinski definition) is 5. The standard InChI is InChI=1S/C18H19BrN2O5/c1-25-14-9-15(26-2)13(19)8-10(14)7-12-16(22)20-18(24)21(17(12)23)11-5-3-4-6-11/h7-9,11H,3-6H2,1-2H3,(H,20,22,24)/b12-7+. The molecule has 1 saturated carbocycles. The smallest absolute Gasteiger partial charge is 0.331 e. The summed E-state index contributed by atoms with van der Waals surface area (Å²) < 4.78 is 11.2. The van der Waals surface area contributed by atoms with Crippen molar-refractivity contribution in [2.45, 2.75) is 31.7 Å². The molecule has 0 aromatic heterocycles. The Balaban J connectivity index is 2.01. The Bertz CT molecular complexity index is 799. The first-order valence-electron chi connectivity index (χ1n) is 8.28. The number of carbonyl (C=O) groups excluding carboxylic acids is 3. The van der Waals surface area contributed by atoms with Gasteiger partial charge in [0.2, 0.25) is 0 Å². The number of hydrogen-bond donors (Lipinski definition) is 1. The molecule has 1 saturated heterocycles. The van der Waals surface area contributed by atoms with Gasteiger partial charge in [-0.25, -0.2) is 4.79 Å². The van der Waals surface area contributed by atoms with E-state index in [1.165, 1.54) is 25.2 Å². The second kappa shape index (κ2) is 7.49. The average Bonchev–Trinajstić information content (AvgIpc) is 3.12. The Morgan fingerprint density at radius 1 is 1.12 bits per heavy atom. The number of barbiturate groups is 1. The van der Waals surface area contributed by atoms with E-state index >= 15 is 0 Å². The van der Waals surface area contributed by atoms with E-state index in [1.54, 1.807) is 12.1 Å². The molecule has 7 nitrogen and oxygen atoms in total. The lowest BCUT2D eigenvalue weighted by Gasteiger charge is -2.31. The van der Waals surface area contributed by atoms with Crippen LogP contribution in [0.5, 0.6) is 11.5 Å². The Hall–Kier alpha value is -2.35. The van der Waals surface area contributed by atoms with Gasteiger partial charge < -0.3 is 9.47 Å². The van der Waals surface area contributed by atoms with E-state index in [9.17, 15) is 14.4 Å². The molecule has 0 spiro atoms. The number of benzene rings is 1. The van der Waals surface area contributed by atoms with Crippen LogP contribution in [0.15, 0.2) is 22.2 Å². The Morgan fingerprint density at radius 3 is 2.38 bits per heavy atom. The van der Waals surface area contributed by atoms with E-state index in [1.807, 2.05) is 0 Å². The molecule has 8 heteroatoms. The predicted molar refractivity (Wildman–Crippen MR) is 97.9 cm³/mol. The summed E-state index contributed by atoms with van der Waals surface area (Å²) in [4.78, 5) is 38.4. The fourth-order valence-corrected chi connectivity index (χ4v) is 3.84. The summed E-state index contributed by atoms with van der Waals surface area (Å²) in [6, 6.07) is 2.54. The molecule has 1 aliphatic carbocycles. The lowest BCUT2D eigenvalue weighted by Crippen LogP contribution is -2.57. The molecule has 0 radical (unpaired) electrons. The minimum absolute atomic E-state index is 0.0909. The second-order valence-corrected chi connectivity index (χ2v) is 7.01. The van der Waals surface area contributed by atoms with Gasteiger partial charge in [-0.3, -0.25) is 19.8 Å². The second-order valence-electron chi connectivity index (χ2n) is 6.16. The van der Waals surface area contributed by atoms with Gasteiger partial charge in [-0.1, -0.05) is 12.8 Å². The van der Waals surface area contributed by atoms with Crippen molar-refractivity contribution in [2.75, 3.05) is 14.2 Å². The highest BCUT2D eigenvalue weighted by Crippen LogP contribution is 2.35. The van der Waals surface area contributed by atoms with Gasteiger partial charge in [0, 0.05) is 17.7 Å². The number of ether oxygens (including phenoxy) is 2. The van der Waals surface area contributed by atoms with Crippen LogP contribution < -0.4 is 14.8 Å². The largest absolute Gasteiger partial charge is 0.496 e. The van der Waals surface area contributed by atoms with Crippen LogP contribution in [-0.2, 0) is 9.59 Å². The van der Waals surface area contributed by atoms with Crippen LogP contribution in [-0.4, -0.2) is 43.0 Å². The molecule has 1 N–H and O–H groups in total. The van der Waals surface area contributed by atoms with Crippen LogP contribution in [0.25, 0.3) is 6.08 Å². The first kappa shape index (κ1) is 18.4. The molecule has 1 aromatic rings. The highest BCUT2D eigenvalue weighted by molar-refractivity contribution is 9.10. The van der Waals surface area contributed by atoms with Crippen molar-refractivity contribution >= 4 is 39.9 Å². The maximum atomic E-state index is 12.8. The van der Waals surface area contributed by atoms with Gasteiger partial charge in [0.05, 0.1) is 18.7 Å². The van der Waals surface area contributed by atoms with Gasteiger partial charge in [0.25, 0.3) is 11.8 Å². The van der Waals surface area contributed by atoms with Crippen molar-refractivity contribution in [1.82, 2.24) is 10.2 Å². The summed E-state index contributed by atoms with van der Waals surface area (Å²) in [7, 11) is 3.02. The molecule has 26 heavy (non-hydrogen) atoms. The van der Waals surface area contributed by atoms with Gasteiger partial charge >= 0.3 is 6.03 Å². The van der Waals surface area contributed by atoms with Crippen molar-refractivity contribution in [1.29, 1.82) is 0 Å². The van der Waals surface area contributed by atoms with E-state index in [2.05, 4.69) is 21.2 Å². The van der Waals surface area contributed by atoms with Crippen molar-refractivity contribution in [3.63, 3.8) is 0 Å². The van der Waals surface area contributed by atoms with Gasteiger partial charge in [-0.05, 0) is 40.9 Å². The SMILES string of the molecule is COc1cc(OC)c(/C=C2\C(=O)NC(=O)N(C3CCCC3)C2=O)cc1Br. The van der Waals surface area contributed by atoms with Crippen molar-refractivity contribution in [3.05, 3.63) is 27.7 Å². The molecule has 4 amide bonds. The molecule has 0 bridgehead atoms. The number of methoxy groups -OCH3 is 2. The third-order valence-corrected chi connectivity index (χ3v) is 5.25. The maximum Gasteiger partial charge on any atom is 0.331 e. The number of carbonyl (C=O) groups is 3. The van der Waals surface area contributed by atoms with Crippen molar-refractivity contribution < 1.29 is 23.9 Å². The normalized spacial score (nSPS) is 19.9. The lowest BCUT2D eigenvalue weighted by molar-refractivity contribution is -0.131. The third-order valence-electron chi connectivity index (χ3n) is 4.63. The Morgan fingerprint density at radius 2 is 1.77 bits per heavy atom. The van der Waals surface area contributed by atoms with Crippen LogP contribution in [0.1, 0.15) is 31.2 Å². The van der Waals surface area contributed by atoms with Crippen LogP contribution in [0.4, 0.5) is 4.79 Å². The van der Waals surface area contributed by atoms with Crippen molar-refractivity contribution in [3.8, 4) is 11.5 Å². The van der Waals surface area contributed by atoms with Crippen LogP contribution in [0.3, 0.4) is 0 Å². The van der Waals surface area contributed by atoms with E-state index in [0.29, 0.717) is 21.5 Å². The molecule has 0 unspecified atom stereocenters. The quantitative estimate of drug-likeness (QED) is 0.595. The summed E-state index contributed by atoms with van der Waals surface area (Å²) in [6.45, 7) is 0. The molecule has 3 rings (SSSR count). The zero-order chi connectivity index (χ0) is 18.8. The minimum atomic E-state index is -0.705. The zero-order valence-electron chi connectivity index (χ0n) is 14.5. The fraction of sp³-hybridized carbons (Fsp3) is 0.389. The molecular formula is C18H19BrN2O5. The zero-order valence-corrected chi connectivity index (χ0v) is 16.1. The van der Waals surface area contributed by atoms with Gasteiger partial charge in [0.15, 0.2) is 0 Å². The van der Waals surface area contributed by atoms with Gasteiger partial charge in [-0.15, -0.1) is 0 Å². The maximum absolute atomic E-state index is 12.8. The average molecular weight is 423 g/mol. The summed E-state index contributed by atoms with van der Waals surface area (Å²) in [5, 5.41) is 2.26. The van der Waals surface area contributed by atoms with E-state index < -0.39 is 17.8 Å². The van der Waals surface area contributed by atoms with E-state index in [-0.39, 0.29) is 11.6 Å². The number of halogens is 1. The Kier molecular flexibility index (Phi) is 5.31. The first-order chi connectivity index (χ1) is 12.5. The molecule has 138 valence electrons. The van der Waals surface area contributed by atoms with Crippen LogP contribution in [0, 0.1) is 0 Å². The number of urea groups is 1. The summed E-state index contributed by atoms with van der Waals surface area (Å²) in [5.41, 5.74) is 0.436. The number of rotatable bonds is 4. The third kappa shape index (κ3) is 3.33. The fourth-order valence-electron chi connectivity index (χ4n) is 3.32. The summed E-state index contributed by atoms with van der Waals surface area (Å²) in [6.07, 6.45) is 4.90. The highest BCUT2D eigenvalue weighted by atomic mass is 79.9. The number of nitrogens with zero attached hydrogens (tertiary/aromatic N) is 1. The van der Waals surface area contributed by atoms with Gasteiger partial charge in [-0.2, -0.15) is 0 Å². The highest BCUT2D eigenvalue weighted by Gasteiger charge is 2.40. The van der Waals surface area contributed by atoms with Gasteiger partial charge in [0.1, 0.15) is 17.1 Å². The van der Waals surface area contributed by atoms with Crippen LogP contribution in [0.2, 0.25) is 0 Å². The molecular weight excluding hydrogens is 404 g/mol. The summed E-state index contributed by atoms with van der Waals surface area (Å²) >= 11 is 3.38. The van der Waals surface area contributed by atoms with E-state index in [0.717, 1.165) is 25.7 Å². The molecule has 2 aliphatic rings. The monoisotopic (exact) mass is 422 g/mol. The lowest BCUT2D eigenvalue weighted by atomic mass is 10.0. The molecule has 1 aliphatic heterocycles. The van der Waals surface area contributed by atoms with Crippen LogP contribution >= 0.6 is 15.9 Å². The van der Waals surface area contributed by atoms with Crippen molar-refractivity contribution in [2.24, 2.45) is 0 Å². The molecule has 0 atom stereocenters. The minimum Gasteiger partial charge on any atom is -0.496 e. The van der Waals surface area contributed by atoms with E-state index in [4.69, 9.17) is 9.47 Å². The Labute approximate surface area is 159 Å². The molecule has 2 fully saturated rings.